The largest absolute Gasteiger partial charge is 0.506 e. The van der Waals surface area contributed by atoms with Crippen LogP contribution in [0.4, 0.5) is 5.69 Å². The zero-order chi connectivity index (χ0) is 15.8. The summed E-state index contributed by atoms with van der Waals surface area (Å²) in [7, 11) is 0. The highest BCUT2D eigenvalue weighted by Gasteiger charge is 2.66. The van der Waals surface area contributed by atoms with Crippen molar-refractivity contribution in [3.8, 4) is 5.75 Å². The van der Waals surface area contributed by atoms with E-state index in [2.05, 4.69) is 31.9 Å². The maximum Gasteiger partial charge on any atom is 0.238 e. The van der Waals surface area contributed by atoms with Gasteiger partial charge < -0.3 is 5.11 Å². The van der Waals surface area contributed by atoms with E-state index in [1.807, 2.05) is 0 Å². The molecule has 1 saturated heterocycles. The summed E-state index contributed by atoms with van der Waals surface area (Å²) in [5.74, 6) is -0.829. The first kappa shape index (κ1) is 15.0. The smallest absolute Gasteiger partial charge is 0.238 e. The number of hydrogen-bond acceptors (Lipinski definition) is 3. The second-order valence-electron chi connectivity index (χ2n) is 6.15. The van der Waals surface area contributed by atoms with Crippen LogP contribution in [0, 0.1) is 23.7 Å². The lowest BCUT2D eigenvalue weighted by Crippen LogP contribution is -2.37. The first-order chi connectivity index (χ1) is 10.4. The Labute approximate surface area is 149 Å². The van der Waals surface area contributed by atoms with Gasteiger partial charge in [-0.05, 0) is 36.5 Å². The summed E-state index contributed by atoms with van der Waals surface area (Å²) in [6.45, 7) is 0. The van der Waals surface area contributed by atoms with Gasteiger partial charge in [0.1, 0.15) is 5.75 Å². The maximum atomic E-state index is 12.8. The molecule has 0 unspecified atom stereocenters. The van der Waals surface area contributed by atoms with Gasteiger partial charge in [-0.1, -0.05) is 43.5 Å². The minimum absolute atomic E-state index is 0.107. The molecule has 0 radical (unpaired) electrons. The molecule has 2 bridgehead atoms. The molecule has 1 aliphatic heterocycles. The number of phenolic OH excluding ortho intramolecular Hbond substituents is 1. The van der Waals surface area contributed by atoms with Crippen molar-refractivity contribution in [1.82, 2.24) is 0 Å². The molecule has 2 aliphatic carbocycles. The lowest BCUT2D eigenvalue weighted by Gasteiger charge is -2.28. The van der Waals surface area contributed by atoms with Gasteiger partial charge in [0.2, 0.25) is 11.8 Å². The molecular formula is C15H12Br2ClNO3. The zero-order valence-corrected chi connectivity index (χ0v) is 15.2. The number of hydrogen-bond donors (Lipinski definition) is 1. The number of nitrogens with zero attached hydrogens (tertiary/aromatic N) is 1. The topological polar surface area (TPSA) is 57.6 Å². The SMILES string of the molecule is O=C1[C@@H]2[C@H]3C[C@@H]([C@H](Br)[C@H]3Br)[C@@H]2C(=O)N1c1cc(Cl)ccc1O. The van der Waals surface area contributed by atoms with Crippen molar-refractivity contribution < 1.29 is 14.7 Å². The lowest BCUT2D eigenvalue weighted by molar-refractivity contribution is -0.123. The first-order valence-corrected chi connectivity index (χ1v) is 9.27. The Hall–Kier alpha value is -0.590. The van der Waals surface area contributed by atoms with Crippen molar-refractivity contribution in [2.45, 2.75) is 16.1 Å². The number of carbonyl (C=O) groups is 2. The fourth-order valence-electron chi connectivity index (χ4n) is 4.26. The van der Waals surface area contributed by atoms with E-state index < -0.39 is 0 Å². The molecule has 2 saturated carbocycles. The van der Waals surface area contributed by atoms with Gasteiger partial charge in [-0.3, -0.25) is 9.59 Å². The van der Waals surface area contributed by atoms with Crippen LogP contribution in [0.15, 0.2) is 18.2 Å². The average molecular weight is 450 g/mol. The number of benzene rings is 1. The van der Waals surface area contributed by atoms with Crippen LogP contribution in [-0.4, -0.2) is 26.6 Å². The normalized spacial score (nSPS) is 39.7. The molecule has 1 aromatic carbocycles. The summed E-state index contributed by atoms with van der Waals surface area (Å²) >= 11 is 13.2. The van der Waals surface area contributed by atoms with Crippen LogP contribution in [0.3, 0.4) is 0 Å². The van der Waals surface area contributed by atoms with E-state index in [0.717, 1.165) is 11.3 Å². The molecule has 116 valence electrons. The summed E-state index contributed by atoms with van der Waals surface area (Å²) < 4.78 is 0. The quantitative estimate of drug-likeness (QED) is 0.529. The van der Waals surface area contributed by atoms with Gasteiger partial charge in [0.15, 0.2) is 0 Å². The molecule has 1 N–H and O–H groups in total. The Kier molecular flexibility index (Phi) is 3.37. The predicted molar refractivity (Wildman–Crippen MR) is 89.6 cm³/mol. The minimum Gasteiger partial charge on any atom is -0.506 e. The summed E-state index contributed by atoms with van der Waals surface area (Å²) in [5, 5.41) is 10.4. The standard InChI is InChI=1S/C15H12Br2ClNO3/c16-12-6-4-7(13(12)17)11-10(6)14(21)19(15(11)22)8-3-5(18)1-2-9(8)20/h1-3,6-7,10-13,20H,4H2/t6-,7-,10-,11+,12+,13+/m1/s1. The van der Waals surface area contributed by atoms with Gasteiger partial charge in [0.25, 0.3) is 0 Å². The third-order valence-corrected chi connectivity index (χ3v) is 8.61. The number of aromatic hydroxyl groups is 1. The van der Waals surface area contributed by atoms with Crippen molar-refractivity contribution in [3.05, 3.63) is 23.2 Å². The van der Waals surface area contributed by atoms with Gasteiger partial charge in [-0.15, -0.1) is 0 Å². The third kappa shape index (κ3) is 1.80. The third-order valence-electron chi connectivity index (χ3n) is 5.17. The molecule has 7 heteroatoms. The van der Waals surface area contributed by atoms with Crippen LogP contribution >= 0.6 is 43.5 Å². The molecule has 2 amide bonds. The van der Waals surface area contributed by atoms with Crippen LogP contribution in [-0.2, 0) is 9.59 Å². The molecule has 4 rings (SSSR count). The Morgan fingerprint density at radius 3 is 2.18 bits per heavy atom. The minimum atomic E-state index is -0.297. The average Bonchev–Trinajstić information content (AvgIpc) is 3.07. The van der Waals surface area contributed by atoms with Crippen LogP contribution in [0.25, 0.3) is 0 Å². The molecule has 1 heterocycles. The van der Waals surface area contributed by atoms with E-state index in [9.17, 15) is 14.7 Å². The molecule has 1 aromatic rings. The maximum absolute atomic E-state index is 12.8. The Morgan fingerprint density at radius 1 is 1.09 bits per heavy atom. The van der Waals surface area contributed by atoms with Crippen molar-refractivity contribution in [2.24, 2.45) is 23.7 Å². The summed E-state index contributed by atoms with van der Waals surface area (Å²) in [4.78, 5) is 27.2. The number of carbonyl (C=O) groups excluding carboxylic acids is 2. The van der Waals surface area contributed by atoms with Crippen LogP contribution < -0.4 is 4.90 Å². The van der Waals surface area contributed by atoms with E-state index in [4.69, 9.17) is 11.6 Å². The van der Waals surface area contributed by atoms with Gasteiger partial charge in [-0.2, -0.15) is 0 Å². The summed E-state index contributed by atoms with van der Waals surface area (Å²) in [6.07, 6.45) is 0.883. The predicted octanol–water partition coefficient (Wildman–Crippen LogP) is 3.33. The highest BCUT2D eigenvalue weighted by molar-refractivity contribution is 9.12. The fourth-order valence-corrected chi connectivity index (χ4v) is 6.30. The number of rotatable bonds is 1. The number of fused-ring (bicyclic) bond motifs is 5. The van der Waals surface area contributed by atoms with Crippen LogP contribution in [0.5, 0.6) is 5.75 Å². The molecule has 3 aliphatic rings. The molecule has 0 spiro atoms. The highest BCUT2D eigenvalue weighted by atomic mass is 79.9. The van der Waals surface area contributed by atoms with Crippen molar-refractivity contribution >= 4 is 61.0 Å². The number of anilines is 1. The van der Waals surface area contributed by atoms with Crippen LogP contribution in [0.1, 0.15) is 6.42 Å². The monoisotopic (exact) mass is 447 g/mol. The molecule has 22 heavy (non-hydrogen) atoms. The number of halogens is 3. The lowest BCUT2D eigenvalue weighted by atomic mass is 9.81. The number of phenols is 1. The Balaban J connectivity index is 1.77. The fraction of sp³-hybridized carbons (Fsp3) is 0.467. The summed E-state index contributed by atoms with van der Waals surface area (Å²) in [6, 6.07) is 4.40. The van der Waals surface area contributed by atoms with Crippen LogP contribution in [0.2, 0.25) is 5.02 Å². The molecule has 0 aromatic heterocycles. The van der Waals surface area contributed by atoms with E-state index in [0.29, 0.717) is 5.02 Å². The zero-order valence-electron chi connectivity index (χ0n) is 11.2. The Bertz CT molecular complexity index is 665. The second-order valence-corrected chi connectivity index (χ2v) is 8.70. The number of alkyl halides is 2. The van der Waals surface area contributed by atoms with Crippen molar-refractivity contribution in [2.75, 3.05) is 4.90 Å². The molecule has 6 atom stereocenters. The van der Waals surface area contributed by atoms with Crippen molar-refractivity contribution in [1.29, 1.82) is 0 Å². The van der Waals surface area contributed by atoms with E-state index in [1.54, 1.807) is 0 Å². The molecule has 4 nitrogen and oxygen atoms in total. The highest BCUT2D eigenvalue weighted by Crippen LogP contribution is 2.60. The van der Waals surface area contributed by atoms with E-state index >= 15 is 0 Å². The number of amides is 2. The first-order valence-electron chi connectivity index (χ1n) is 7.06. The number of imide groups is 1. The van der Waals surface area contributed by atoms with Gasteiger partial charge >= 0.3 is 0 Å². The van der Waals surface area contributed by atoms with Gasteiger partial charge in [-0.25, -0.2) is 4.90 Å². The van der Waals surface area contributed by atoms with E-state index in [-0.39, 0.29) is 56.6 Å². The van der Waals surface area contributed by atoms with Crippen molar-refractivity contribution in [3.63, 3.8) is 0 Å². The van der Waals surface area contributed by atoms with Gasteiger partial charge in [0.05, 0.1) is 17.5 Å². The second kappa shape index (κ2) is 4.95. The van der Waals surface area contributed by atoms with E-state index in [1.165, 1.54) is 18.2 Å². The summed E-state index contributed by atoms with van der Waals surface area (Å²) in [5.41, 5.74) is 0.188. The molecular weight excluding hydrogens is 437 g/mol. The molecule has 3 fully saturated rings. The Morgan fingerprint density at radius 2 is 1.64 bits per heavy atom. The van der Waals surface area contributed by atoms with Gasteiger partial charge in [0, 0.05) is 14.7 Å².